The number of aliphatic hydroxyl groups is 1. The molecule has 5 atom stereocenters. The summed E-state index contributed by atoms with van der Waals surface area (Å²) in [6.45, 7) is 5.50. The number of Topliss-reactive ketones (excluding diaryl/α,β-unsaturated/α-hetero) is 1. The number of ketones is 1. The maximum Gasteiger partial charge on any atom is 0.416 e. The summed E-state index contributed by atoms with van der Waals surface area (Å²) in [5.41, 5.74) is -0.198. The largest absolute Gasteiger partial charge is 0.460 e. The first-order valence-corrected chi connectivity index (χ1v) is 17.2. The third-order valence-corrected chi connectivity index (χ3v) is 8.72. The number of fused-ring (bicyclic) bond motifs is 3. The average molecular weight is 745 g/mol. The van der Waals surface area contributed by atoms with Crippen LogP contribution in [0.25, 0.3) is 0 Å². The van der Waals surface area contributed by atoms with E-state index in [2.05, 4.69) is 15.6 Å². The molecule has 2 aromatic rings. The first-order chi connectivity index (χ1) is 25.1. The van der Waals surface area contributed by atoms with Crippen LogP contribution in [0.3, 0.4) is 0 Å². The lowest BCUT2D eigenvalue weighted by Crippen LogP contribution is -2.44. The maximum absolute atomic E-state index is 13.7. The number of anilines is 1. The standard InChI is InChI=1S/C37H43F3N4O9/c1-22-6-4-15-41-31(47)13-8-23(2)33(24(3)14-17-51-36(50)42-26-11-9-25(10-12-26)37(38,39)40)53-35(49)30-7-5-16-44(30)34(48)29-21-52-32(43-29)20-28(46)19-27(45)18-22/h4,6,8-13,18,21,23-24,27,30,33,45H,5,7,14-17,19-20H2,1-3H3,(H,41,47)(H,42,50)/b6-4?,13-8+,22-18?/t23-,24-,27-,30-,33+/m1/s1. The van der Waals surface area contributed by atoms with Crippen molar-refractivity contribution in [3.05, 3.63) is 83.6 Å². The van der Waals surface area contributed by atoms with Crippen LogP contribution in [0.4, 0.5) is 23.7 Å². The maximum atomic E-state index is 13.7. The van der Waals surface area contributed by atoms with Gasteiger partial charge < -0.3 is 29.2 Å². The summed E-state index contributed by atoms with van der Waals surface area (Å²) in [4.78, 5) is 70.2. The molecule has 1 saturated heterocycles. The van der Waals surface area contributed by atoms with Crippen LogP contribution in [0.1, 0.15) is 68.4 Å². The summed E-state index contributed by atoms with van der Waals surface area (Å²) in [5, 5.41) is 15.4. The van der Waals surface area contributed by atoms with Crippen LogP contribution in [-0.2, 0) is 36.5 Å². The first-order valence-electron chi connectivity index (χ1n) is 17.2. The molecule has 0 aliphatic carbocycles. The van der Waals surface area contributed by atoms with Gasteiger partial charge in [0.05, 0.1) is 24.7 Å². The molecule has 3 amide bonds. The summed E-state index contributed by atoms with van der Waals surface area (Å²) in [6, 6.07) is 2.91. The first kappa shape index (κ1) is 40.5. The lowest BCUT2D eigenvalue weighted by molar-refractivity contribution is -0.158. The number of carbonyl (C=O) groups excluding carboxylic acids is 5. The van der Waals surface area contributed by atoms with Crippen LogP contribution in [-0.4, -0.2) is 82.6 Å². The minimum Gasteiger partial charge on any atom is -0.460 e. The van der Waals surface area contributed by atoms with E-state index in [1.54, 1.807) is 39.0 Å². The molecule has 4 rings (SSSR count). The van der Waals surface area contributed by atoms with Crippen LogP contribution in [0.5, 0.6) is 0 Å². The number of hydrogen-bond acceptors (Lipinski definition) is 10. The molecule has 286 valence electrons. The Kier molecular flexibility index (Phi) is 14.1. The molecule has 0 saturated carbocycles. The van der Waals surface area contributed by atoms with Gasteiger partial charge >= 0.3 is 18.2 Å². The molecular formula is C37H43F3N4O9. The van der Waals surface area contributed by atoms with Crippen molar-refractivity contribution >= 4 is 35.3 Å². The molecule has 0 radical (unpaired) electrons. The van der Waals surface area contributed by atoms with Crippen molar-refractivity contribution in [2.24, 2.45) is 11.8 Å². The Morgan fingerprint density at radius 3 is 2.62 bits per heavy atom. The highest BCUT2D eigenvalue weighted by Gasteiger charge is 2.39. The van der Waals surface area contributed by atoms with Crippen molar-refractivity contribution in [3.8, 4) is 0 Å². The Morgan fingerprint density at radius 2 is 1.91 bits per heavy atom. The van der Waals surface area contributed by atoms with E-state index >= 15 is 0 Å². The number of ether oxygens (including phenoxy) is 2. The van der Waals surface area contributed by atoms with E-state index in [9.17, 15) is 42.3 Å². The van der Waals surface area contributed by atoms with Gasteiger partial charge in [0.2, 0.25) is 11.8 Å². The molecule has 16 heteroatoms. The monoisotopic (exact) mass is 744 g/mol. The fourth-order valence-corrected chi connectivity index (χ4v) is 5.95. The number of rotatable bonds is 5. The zero-order valence-corrected chi connectivity index (χ0v) is 29.6. The van der Waals surface area contributed by atoms with Gasteiger partial charge in [0.15, 0.2) is 5.69 Å². The highest BCUT2D eigenvalue weighted by atomic mass is 19.4. The van der Waals surface area contributed by atoms with Gasteiger partial charge in [-0.05, 0) is 62.4 Å². The number of cyclic esters (lactones) is 1. The zero-order chi connectivity index (χ0) is 38.7. The summed E-state index contributed by atoms with van der Waals surface area (Å²) in [5.74, 6) is -3.04. The fourth-order valence-electron chi connectivity index (χ4n) is 5.95. The van der Waals surface area contributed by atoms with Crippen LogP contribution in [0, 0.1) is 11.8 Å². The van der Waals surface area contributed by atoms with Gasteiger partial charge in [0.1, 0.15) is 24.2 Å². The average Bonchev–Trinajstić information content (AvgIpc) is 3.77. The molecule has 3 N–H and O–H groups in total. The van der Waals surface area contributed by atoms with Gasteiger partial charge in [-0.15, -0.1) is 0 Å². The Labute approximate surface area is 304 Å². The van der Waals surface area contributed by atoms with Crippen molar-refractivity contribution in [3.63, 3.8) is 0 Å². The quantitative estimate of drug-likeness (QED) is 0.346. The Bertz CT molecular complexity index is 1720. The number of nitrogens with zero attached hydrogens (tertiary/aromatic N) is 2. The van der Waals surface area contributed by atoms with Crippen molar-refractivity contribution in [1.82, 2.24) is 15.2 Å². The molecule has 0 spiro atoms. The highest BCUT2D eigenvalue weighted by Crippen LogP contribution is 2.30. The molecule has 2 aliphatic heterocycles. The second-order valence-electron chi connectivity index (χ2n) is 13.0. The number of carbonyl (C=O) groups is 5. The molecule has 0 unspecified atom stereocenters. The van der Waals surface area contributed by atoms with Gasteiger partial charge in [0.25, 0.3) is 5.91 Å². The zero-order valence-electron chi connectivity index (χ0n) is 29.6. The van der Waals surface area contributed by atoms with E-state index in [1.807, 2.05) is 0 Å². The van der Waals surface area contributed by atoms with Crippen LogP contribution < -0.4 is 10.6 Å². The number of oxazole rings is 1. The predicted octanol–water partition coefficient (Wildman–Crippen LogP) is 5.17. The number of benzene rings is 1. The topological polar surface area (TPSA) is 177 Å². The number of aromatic nitrogens is 1. The van der Waals surface area contributed by atoms with E-state index in [0.717, 1.165) is 30.5 Å². The van der Waals surface area contributed by atoms with Crippen molar-refractivity contribution in [2.45, 2.75) is 77.3 Å². The van der Waals surface area contributed by atoms with Crippen molar-refractivity contribution < 1.29 is 56.1 Å². The molecule has 1 aromatic heterocycles. The van der Waals surface area contributed by atoms with E-state index in [0.29, 0.717) is 18.4 Å². The Morgan fingerprint density at radius 1 is 1.17 bits per heavy atom. The molecule has 2 bridgehead atoms. The van der Waals surface area contributed by atoms with Crippen molar-refractivity contribution in [1.29, 1.82) is 0 Å². The number of aliphatic hydroxyl groups excluding tert-OH is 1. The van der Waals surface area contributed by atoms with Crippen LogP contribution >= 0.6 is 0 Å². The van der Waals surface area contributed by atoms with Gasteiger partial charge in [-0.2, -0.15) is 13.2 Å². The highest BCUT2D eigenvalue weighted by molar-refractivity contribution is 5.95. The molecule has 13 nitrogen and oxygen atoms in total. The minimum atomic E-state index is -4.52. The molecule has 1 fully saturated rings. The van der Waals surface area contributed by atoms with Gasteiger partial charge in [-0.1, -0.05) is 43.7 Å². The lowest BCUT2D eigenvalue weighted by Gasteiger charge is -2.31. The van der Waals surface area contributed by atoms with E-state index in [-0.39, 0.29) is 62.0 Å². The lowest BCUT2D eigenvalue weighted by atomic mass is 9.90. The number of allylic oxidation sites excluding steroid dienone is 2. The second kappa shape index (κ2) is 18.5. The Hall–Kier alpha value is -5.25. The second-order valence-corrected chi connectivity index (χ2v) is 13.0. The molecule has 53 heavy (non-hydrogen) atoms. The summed E-state index contributed by atoms with van der Waals surface area (Å²) in [7, 11) is 0. The number of halogens is 3. The predicted molar refractivity (Wildman–Crippen MR) is 184 cm³/mol. The SMILES string of the molecule is CC1=C[C@@H](O)CC(=O)Cc2nc(co2)C(=O)N2CCC[C@@H]2C(=O)O[C@H]([C@H](C)CCOC(=O)Nc2ccc(C(F)(F)F)cc2)[C@H](C)/C=C/C(=O)NCC=C1. The number of nitrogens with one attached hydrogen (secondary N) is 2. The van der Waals surface area contributed by atoms with Crippen LogP contribution in [0.15, 0.2) is 70.9 Å². The normalized spacial score (nSPS) is 23.7. The number of amides is 3. The number of esters is 1. The summed E-state index contributed by atoms with van der Waals surface area (Å²) < 4.78 is 55.2. The van der Waals surface area contributed by atoms with Crippen LogP contribution in [0.2, 0.25) is 0 Å². The van der Waals surface area contributed by atoms with Gasteiger partial charge in [-0.3, -0.25) is 19.7 Å². The summed E-state index contributed by atoms with van der Waals surface area (Å²) >= 11 is 0. The van der Waals surface area contributed by atoms with Gasteiger partial charge in [-0.25, -0.2) is 14.6 Å². The third kappa shape index (κ3) is 12.2. The smallest absolute Gasteiger partial charge is 0.416 e. The van der Waals surface area contributed by atoms with Crippen molar-refractivity contribution in [2.75, 3.05) is 25.0 Å². The number of alkyl halides is 3. The minimum absolute atomic E-state index is 0.0108. The summed E-state index contributed by atoms with van der Waals surface area (Å²) in [6.07, 6.45) is 2.07. The molecule has 2 aliphatic rings. The van der Waals surface area contributed by atoms with E-state index in [1.165, 1.54) is 17.1 Å². The Balaban J connectivity index is 1.48. The van der Waals surface area contributed by atoms with E-state index < -0.39 is 65.7 Å². The molecule has 1 aromatic carbocycles. The third-order valence-electron chi connectivity index (χ3n) is 8.72. The molecule has 3 heterocycles. The number of hydrogen-bond donors (Lipinski definition) is 3. The van der Waals surface area contributed by atoms with Gasteiger partial charge in [0, 0.05) is 31.1 Å². The molecular weight excluding hydrogens is 701 g/mol. The van der Waals surface area contributed by atoms with E-state index in [4.69, 9.17) is 13.9 Å². The fraction of sp³-hybridized carbons (Fsp3) is 0.459.